The molecule has 1 aromatic rings. The average Bonchev–Trinajstić information content (AvgIpc) is 2.37. The van der Waals surface area contributed by atoms with Gasteiger partial charge in [-0.05, 0) is 29.7 Å². The number of rotatable bonds is 4. The number of methoxy groups -OCH3 is 2. The van der Waals surface area contributed by atoms with Crippen molar-refractivity contribution in [3.63, 3.8) is 0 Å². The van der Waals surface area contributed by atoms with E-state index in [1.165, 1.54) is 11.1 Å². The van der Waals surface area contributed by atoms with Gasteiger partial charge in [0, 0.05) is 25.0 Å². The molecule has 0 radical (unpaired) electrons. The Bertz CT molecular complexity index is 395. The average molecular weight is 300 g/mol. The van der Waals surface area contributed by atoms with Crippen LogP contribution in [0.3, 0.4) is 0 Å². The molecule has 2 rings (SSSR count). The van der Waals surface area contributed by atoms with E-state index in [-0.39, 0.29) is 0 Å². The van der Waals surface area contributed by atoms with E-state index < -0.39 is 0 Å². The molecule has 0 saturated carbocycles. The zero-order chi connectivity index (χ0) is 12.3. The third-order valence-corrected chi connectivity index (χ3v) is 3.55. The fourth-order valence-corrected chi connectivity index (χ4v) is 2.75. The van der Waals surface area contributed by atoms with Gasteiger partial charge in [0.25, 0.3) is 0 Å². The zero-order valence-corrected chi connectivity index (χ0v) is 11.9. The van der Waals surface area contributed by atoms with Crippen LogP contribution in [0.4, 0.5) is 0 Å². The van der Waals surface area contributed by atoms with E-state index in [0.29, 0.717) is 0 Å². The summed E-state index contributed by atoms with van der Waals surface area (Å²) < 4.78 is 10.7. The first-order chi connectivity index (χ1) is 8.28. The predicted molar refractivity (Wildman–Crippen MR) is 72.3 cm³/mol. The molecule has 0 amide bonds. The van der Waals surface area contributed by atoms with Crippen LogP contribution < -0.4 is 9.47 Å². The molecule has 3 nitrogen and oxygen atoms in total. The van der Waals surface area contributed by atoms with Crippen molar-refractivity contribution in [1.29, 1.82) is 0 Å². The highest BCUT2D eigenvalue weighted by atomic mass is 79.9. The molecule has 94 valence electrons. The standard InChI is InChI=1S/C13H18BrNO2/c1-16-12-7-10-3-5-15(6-4-14)9-11(10)8-13(12)17-2/h7-8H,3-6,9H2,1-2H3. The van der Waals surface area contributed by atoms with E-state index in [4.69, 9.17) is 9.47 Å². The monoisotopic (exact) mass is 299 g/mol. The molecule has 1 aliphatic heterocycles. The summed E-state index contributed by atoms with van der Waals surface area (Å²) in [5, 5.41) is 1.02. The molecule has 0 bridgehead atoms. The highest BCUT2D eigenvalue weighted by Crippen LogP contribution is 2.33. The molecule has 0 spiro atoms. The van der Waals surface area contributed by atoms with Gasteiger partial charge in [-0.2, -0.15) is 0 Å². The van der Waals surface area contributed by atoms with Crippen LogP contribution in [-0.4, -0.2) is 37.5 Å². The van der Waals surface area contributed by atoms with Gasteiger partial charge in [0.1, 0.15) is 0 Å². The third kappa shape index (κ3) is 2.75. The molecular formula is C13H18BrNO2. The van der Waals surface area contributed by atoms with Crippen LogP contribution in [0, 0.1) is 0 Å². The van der Waals surface area contributed by atoms with Crippen molar-refractivity contribution in [3.8, 4) is 11.5 Å². The minimum atomic E-state index is 0.826. The first-order valence-corrected chi connectivity index (χ1v) is 6.92. The van der Waals surface area contributed by atoms with Gasteiger partial charge in [0.05, 0.1) is 14.2 Å². The Labute approximate surface area is 111 Å². The van der Waals surface area contributed by atoms with Crippen molar-refractivity contribution in [2.45, 2.75) is 13.0 Å². The lowest BCUT2D eigenvalue weighted by Crippen LogP contribution is -2.32. The van der Waals surface area contributed by atoms with Crippen LogP contribution >= 0.6 is 15.9 Å². The second kappa shape index (κ2) is 5.74. The lowest BCUT2D eigenvalue weighted by atomic mass is 9.99. The Hall–Kier alpha value is -0.740. The van der Waals surface area contributed by atoms with Gasteiger partial charge in [0.15, 0.2) is 11.5 Å². The number of ether oxygens (including phenoxy) is 2. The second-order valence-electron chi connectivity index (χ2n) is 4.19. The van der Waals surface area contributed by atoms with Crippen LogP contribution in [0.25, 0.3) is 0 Å². The molecule has 0 atom stereocenters. The Morgan fingerprint density at radius 1 is 1.18 bits per heavy atom. The highest BCUT2D eigenvalue weighted by Gasteiger charge is 2.18. The number of halogens is 1. The molecule has 17 heavy (non-hydrogen) atoms. The van der Waals surface area contributed by atoms with E-state index >= 15 is 0 Å². The van der Waals surface area contributed by atoms with Gasteiger partial charge < -0.3 is 9.47 Å². The molecule has 0 aliphatic carbocycles. The Morgan fingerprint density at radius 2 is 1.82 bits per heavy atom. The summed E-state index contributed by atoms with van der Waals surface area (Å²) in [7, 11) is 3.37. The maximum Gasteiger partial charge on any atom is 0.161 e. The normalized spacial score (nSPS) is 15.5. The molecular weight excluding hydrogens is 282 g/mol. The second-order valence-corrected chi connectivity index (χ2v) is 4.98. The van der Waals surface area contributed by atoms with Crippen molar-refractivity contribution < 1.29 is 9.47 Å². The Kier molecular flexibility index (Phi) is 4.29. The smallest absolute Gasteiger partial charge is 0.161 e. The minimum Gasteiger partial charge on any atom is -0.493 e. The molecule has 0 unspecified atom stereocenters. The third-order valence-electron chi connectivity index (χ3n) is 3.20. The number of nitrogens with zero attached hydrogens (tertiary/aromatic N) is 1. The molecule has 0 N–H and O–H groups in total. The molecule has 4 heteroatoms. The van der Waals surface area contributed by atoms with Crippen LogP contribution in [-0.2, 0) is 13.0 Å². The largest absolute Gasteiger partial charge is 0.493 e. The van der Waals surface area contributed by atoms with Gasteiger partial charge in [-0.15, -0.1) is 0 Å². The Balaban J connectivity index is 2.25. The van der Waals surface area contributed by atoms with Crippen molar-refractivity contribution in [2.24, 2.45) is 0 Å². The number of alkyl halides is 1. The SMILES string of the molecule is COc1cc2c(cc1OC)CN(CCBr)CC2. The van der Waals surface area contributed by atoms with E-state index in [1.807, 2.05) is 0 Å². The summed E-state index contributed by atoms with van der Waals surface area (Å²) in [6.45, 7) is 3.21. The van der Waals surface area contributed by atoms with E-state index in [2.05, 4.69) is 33.0 Å². The first kappa shape index (κ1) is 12.7. The quantitative estimate of drug-likeness (QED) is 0.797. The highest BCUT2D eigenvalue weighted by molar-refractivity contribution is 9.09. The predicted octanol–water partition coefficient (Wildman–Crippen LogP) is 2.46. The lowest BCUT2D eigenvalue weighted by Gasteiger charge is -2.28. The van der Waals surface area contributed by atoms with Gasteiger partial charge in [0.2, 0.25) is 0 Å². The van der Waals surface area contributed by atoms with Crippen molar-refractivity contribution in [3.05, 3.63) is 23.3 Å². The van der Waals surface area contributed by atoms with E-state index in [9.17, 15) is 0 Å². The molecule has 1 aromatic carbocycles. The number of fused-ring (bicyclic) bond motifs is 1. The van der Waals surface area contributed by atoms with E-state index in [0.717, 1.165) is 42.9 Å². The first-order valence-electron chi connectivity index (χ1n) is 5.80. The van der Waals surface area contributed by atoms with Crippen LogP contribution in [0.5, 0.6) is 11.5 Å². The summed E-state index contributed by atoms with van der Waals surface area (Å²) in [5.74, 6) is 1.66. The van der Waals surface area contributed by atoms with Crippen molar-refractivity contribution >= 4 is 15.9 Å². The lowest BCUT2D eigenvalue weighted by molar-refractivity contribution is 0.269. The number of hydrogen-bond acceptors (Lipinski definition) is 3. The number of hydrogen-bond donors (Lipinski definition) is 0. The molecule has 0 aromatic heterocycles. The molecule has 0 saturated heterocycles. The molecule has 0 fully saturated rings. The van der Waals surface area contributed by atoms with Gasteiger partial charge in [-0.1, -0.05) is 15.9 Å². The number of benzene rings is 1. The van der Waals surface area contributed by atoms with Gasteiger partial charge in [-0.3, -0.25) is 4.90 Å². The molecule has 1 heterocycles. The topological polar surface area (TPSA) is 21.7 Å². The fraction of sp³-hybridized carbons (Fsp3) is 0.538. The maximum absolute atomic E-state index is 5.34. The Morgan fingerprint density at radius 3 is 2.41 bits per heavy atom. The summed E-state index contributed by atoms with van der Waals surface area (Å²) >= 11 is 3.49. The van der Waals surface area contributed by atoms with Crippen molar-refractivity contribution in [2.75, 3.05) is 32.6 Å². The van der Waals surface area contributed by atoms with Crippen LogP contribution in [0.15, 0.2) is 12.1 Å². The van der Waals surface area contributed by atoms with Crippen LogP contribution in [0.1, 0.15) is 11.1 Å². The zero-order valence-electron chi connectivity index (χ0n) is 10.3. The fourth-order valence-electron chi connectivity index (χ4n) is 2.25. The summed E-state index contributed by atoms with van der Waals surface area (Å²) in [4.78, 5) is 2.45. The summed E-state index contributed by atoms with van der Waals surface area (Å²) in [5.41, 5.74) is 2.74. The maximum atomic E-state index is 5.34. The summed E-state index contributed by atoms with van der Waals surface area (Å²) in [6.07, 6.45) is 1.09. The summed E-state index contributed by atoms with van der Waals surface area (Å²) in [6, 6.07) is 4.22. The van der Waals surface area contributed by atoms with Gasteiger partial charge >= 0.3 is 0 Å². The van der Waals surface area contributed by atoms with Gasteiger partial charge in [-0.25, -0.2) is 0 Å². The molecule has 1 aliphatic rings. The minimum absolute atomic E-state index is 0.826. The van der Waals surface area contributed by atoms with E-state index in [1.54, 1.807) is 14.2 Å². The van der Waals surface area contributed by atoms with Crippen LogP contribution in [0.2, 0.25) is 0 Å². The van der Waals surface area contributed by atoms with Crippen molar-refractivity contribution in [1.82, 2.24) is 4.90 Å².